The van der Waals surface area contributed by atoms with Gasteiger partial charge in [0.25, 0.3) is 8.32 Å². The van der Waals surface area contributed by atoms with Gasteiger partial charge in [-0.25, -0.2) is 9.69 Å². The van der Waals surface area contributed by atoms with Crippen molar-refractivity contribution in [1.29, 1.82) is 0 Å². The molecule has 9 heteroatoms. The second-order valence-corrected chi connectivity index (χ2v) is 19.4. The Morgan fingerprint density at radius 3 is 1.96 bits per heavy atom. The molecular weight excluding hydrogens is 695 g/mol. The van der Waals surface area contributed by atoms with Crippen molar-refractivity contribution in [3.8, 4) is 0 Å². The molecule has 5 rings (SSSR count). The summed E-state index contributed by atoms with van der Waals surface area (Å²) in [5, 5.41) is 14.0. The summed E-state index contributed by atoms with van der Waals surface area (Å²) in [5.41, 5.74) is 2.01. The summed E-state index contributed by atoms with van der Waals surface area (Å²) in [4.78, 5) is 28.6. The van der Waals surface area contributed by atoms with E-state index in [0.717, 1.165) is 11.1 Å². The highest BCUT2D eigenvalue weighted by atomic mass is 28.4. The molecule has 5 atom stereocenters. The van der Waals surface area contributed by atoms with Crippen LogP contribution in [0.15, 0.2) is 133 Å². The molecule has 1 saturated heterocycles. The van der Waals surface area contributed by atoms with E-state index >= 15 is 0 Å². The van der Waals surface area contributed by atoms with E-state index in [-0.39, 0.29) is 30.6 Å². The fourth-order valence-electron chi connectivity index (χ4n) is 7.39. The van der Waals surface area contributed by atoms with E-state index in [1.807, 2.05) is 72.8 Å². The van der Waals surface area contributed by atoms with Crippen molar-refractivity contribution in [2.75, 3.05) is 26.9 Å². The minimum Gasteiger partial charge on any atom is -0.447 e. The number of imide groups is 1. The van der Waals surface area contributed by atoms with Crippen LogP contribution < -0.4 is 10.4 Å². The van der Waals surface area contributed by atoms with Crippen molar-refractivity contribution in [2.45, 2.75) is 70.4 Å². The average Bonchev–Trinajstić information content (AvgIpc) is 3.55. The van der Waals surface area contributed by atoms with Gasteiger partial charge in [0.2, 0.25) is 5.91 Å². The molecule has 8 nitrogen and oxygen atoms in total. The maximum absolute atomic E-state index is 14.3. The molecule has 0 unspecified atom stereocenters. The molecule has 1 N–H and O–H groups in total. The molecule has 54 heavy (non-hydrogen) atoms. The average molecular weight is 750 g/mol. The van der Waals surface area contributed by atoms with Gasteiger partial charge < -0.3 is 23.7 Å². The lowest BCUT2D eigenvalue weighted by Crippen LogP contribution is -2.67. The molecule has 1 fully saturated rings. The number of cyclic esters (lactones) is 1. The normalized spacial score (nSPS) is 17.3. The second kappa shape index (κ2) is 19.3. The van der Waals surface area contributed by atoms with Crippen LogP contribution in [-0.2, 0) is 36.5 Å². The van der Waals surface area contributed by atoms with E-state index in [4.69, 9.17) is 18.6 Å². The van der Waals surface area contributed by atoms with Crippen molar-refractivity contribution in [3.05, 3.63) is 145 Å². The quantitative estimate of drug-likeness (QED) is 0.0669. The Hall–Kier alpha value is -4.38. The number of methoxy groups -OCH3 is 1. The third kappa shape index (κ3) is 10.0. The van der Waals surface area contributed by atoms with Crippen LogP contribution in [0.1, 0.15) is 45.2 Å². The molecule has 0 aromatic heterocycles. The number of aliphatic hydroxyl groups excluding tert-OH is 1. The molecule has 1 aliphatic rings. The molecule has 0 bridgehead atoms. The number of carbonyl (C=O) groups is 2. The van der Waals surface area contributed by atoms with Gasteiger partial charge in [-0.3, -0.25) is 4.79 Å². The van der Waals surface area contributed by atoms with Crippen molar-refractivity contribution < 1.29 is 33.3 Å². The van der Waals surface area contributed by atoms with Gasteiger partial charge in [-0.05, 0) is 33.0 Å². The van der Waals surface area contributed by atoms with E-state index in [1.165, 1.54) is 15.3 Å². The Morgan fingerprint density at radius 2 is 1.43 bits per heavy atom. The van der Waals surface area contributed by atoms with E-state index in [0.29, 0.717) is 19.6 Å². The first kappa shape index (κ1) is 40.8. The Labute approximate surface area is 321 Å². The summed E-state index contributed by atoms with van der Waals surface area (Å²) in [7, 11) is -1.20. The number of rotatable bonds is 18. The number of nitrogens with zero attached hydrogens (tertiary/aromatic N) is 1. The summed E-state index contributed by atoms with van der Waals surface area (Å²) in [6.45, 7) is 9.85. The van der Waals surface area contributed by atoms with E-state index in [9.17, 15) is 14.7 Å². The first-order valence-corrected chi connectivity index (χ1v) is 20.7. The van der Waals surface area contributed by atoms with Gasteiger partial charge in [0.05, 0.1) is 37.4 Å². The third-order valence-corrected chi connectivity index (χ3v) is 15.3. The molecule has 0 saturated carbocycles. The van der Waals surface area contributed by atoms with Crippen LogP contribution in [0.2, 0.25) is 5.04 Å². The molecular formula is C45H55NO7Si. The summed E-state index contributed by atoms with van der Waals surface area (Å²) < 4.78 is 24.5. The number of aliphatic hydroxyl groups is 1. The van der Waals surface area contributed by atoms with Crippen LogP contribution in [-0.4, -0.2) is 75.5 Å². The zero-order valence-corrected chi connectivity index (χ0v) is 33.2. The fraction of sp³-hybridized carbons (Fsp3) is 0.378. The maximum Gasteiger partial charge on any atom is 0.417 e. The SMILES string of the molecule is CO[C@H](C[C@@H](O)[C@H](/C=C/COCc1ccccc1)C(=O)N1C(=O)OC[C@@H]1Cc1ccccc1)[C@@H](C)CO[Si](c1ccccc1)(c1ccccc1)C(C)(C)C. The van der Waals surface area contributed by atoms with E-state index < -0.39 is 44.5 Å². The lowest BCUT2D eigenvalue weighted by Gasteiger charge is -2.44. The minimum atomic E-state index is -2.82. The van der Waals surface area contributed by atoms with Crippen LogP contribution in [0.5, 0.6) is 0 Å². The van der Waals surface area contributed by atoms with Crippen molar-refractivity contribution in [3.63, 3.8) is 0 Å². The second-order valence-electron chi connectivity index (χ2n) is 15.1. The molecule has 0 aliphatic carbocycles. The molecule has 0 radical (unpaired) electrons. The number of hydrogen-bond donors (Lipinski definition) is 1. The highest BCUT2D eigenvalue weighted by Crippen LogP contribution is 2.37. The molecule has 1 heterocycles. The number of hydrogen-bond acceptors (Lipinski definition) is 7. The highest BCUT2D eigenvalue weighted by molar-refractivity contribution is 6.99. The minimum absolute atomic E-state index is 0.0868. The van der Waals surface area contributed by atoms with Gasteiger partial charge in [0, 0.05) is 26.1 Å². The maximum atomic E-state index is 14.3. The highest BCUT2D eigenvalue weighted by Gasteiger charge is 2.50. The van der Waals surface area contributed by atoms with Gasteiger partial charge in [0.1, 0.15) is 6.61 Å². The van der Waals surface area contributed by atoms with Crippen LogP contribution in [0.3, 0.4) is 0 Å². The Morgan fingerprint density at radius 1 is 0.889 bits per heavy atom. The largest absolute Gasteiger partial charge is 0.447 e. The van der Waals surface area contributed by atoms with Gasteiger partial charge in [-0.1, -0.05) is 161 Å². The summed E-state index contributed by atoms with van der Waals surface area (Å²) >= 11 is 0. The monoisotopic (exact) mass is 749 g/mol. The number of benzene rings is 4. The van der Waals surface area contributed by atoms with Crippen LogP contribution in [0.25, 0.3) is 0 Å². The van der Waals surface area contributed by atoms with Gasteiger partial charge in [0.15, 0.2) is 0 Å². The predicted molar refractivity (Wildman–Crippen MR) is 215 cm³/mol. The first-order valence-electron chi connectivity index (χ1n) is 18.8. The standard InChI is InChI=1S/C45H55NO7Si/c1-34(31-53-54(45(2,3)4,38-23-14-8-15-24-38)39-25-16-9-17-26-39)42(50-5)30-41(47)40(27-18-28-51-32-36-21-12-7-13-22-36)43(48)46-37(33-52-44(46)49)29-35-19-10-6-11-20-35/h6-27,34,37,40-42,47H,28-33H2,1-5H3/b27-18+/t34-,37-,40-,41+,42+/m0/s1. The molecule has 286 valence electrons. The molecule has 4 aromatic rings. The van der Waals surface area contributed by atoms with Crippen molar-refractivity contribution >= 4 is 30.7 Å². The summed E-state index contributed by atoms with van der Waals surface area (Å²) in [5.74, 6) is -1.71. The zero-order chi connectivity index (χ0) is 38.6. The molecule has 1 aliphatic heterocycles. The lowest BCUT2D eigenvalue weighted by molar-refractivity contribution is -0.136. The number of carbonyl (C=O) groups excluding carboxylic acids is 2. The molecule has 4 aromatic carbocycles. The predicted octanol–water partition coefficient (Wildman–Crippen LogP) is 6.94. The Kier molecular flexibility index (Phi) is 14.6. The molecule has 2 amide bonds. The van der Waals surface area contributed by atoms with E-state index in [1.54, 1.807) is 19.3 Å². The fourth-order valence-corrected chi connectivity index (χ4v) is 12.1. The first-order chi connectivity index (χ1) is 26.0. The number of ether oxygens (including phenoxy) is 3. The zero-order valence-electron chi connectivity index (χ0n) is 32.2. The van der Waals surface area contributed by atoms with Crippen molar-refractivity contribution in [2.24, 2.45) is 11.8 Å². The van der Waals surface area contributed by atoms with E-state index in [2.05, 4.69) is 76.2 Å². The number of amides is 2. The van der Waals surface area contributed by atoms with Crippen LogP contribution in [0.4, 0.5) is 4.79 Å². The van der Waals surface area contributed by atoms with Crippen LogP contribution in [0, 0.1) is 11.8 Å². The van der Waals surface area contributed by atoms with Gasteiger partial charge in [-0.15, -0.1) is 0 Å². The van der Waals surface area contributed by atoms with Gasteiger partial charge in [-0.2, -0.15) is 0 Å². The summed E-state index contributed by atoms with van der Waals surface area (Å²) in [6.07, 6.45) is 1.64. The smallest absolute Gasteiger partial charge is 0.417 e. The Balaban J connectivity index is 1.35. The van der Waals surface area contributed by atoms with Crippen molar-refractivity contribution in [1.82, 2.24) is 4.90 Å². The topological polar surface area (TPSA) is 94.5 Å². The summed E-state index contributed by atoms with van der Waals surface area (Å²) in [6, 6.07) is 39.9. The third-order valence-electron chi connectivity index (χ3n) is 10.3. The Bertz CT molecular complexity index is 1730. The van der Waals surface area contributed by atoms with Crippen LogP contribution >= 0.6 is 0 Å². The molecule has 0 spiro atoms. The lowest BCUT2D eigenvalue weighted by atomic mass is 9.90. The van der Waals surface area contributed by atoms with Gasteiger partial charge >= 0.3 is 6.09 Å².